The van der Waals surface area contributed by atoms with Crippen molar-refractivity contribution in [1.82, 2.24) is 9.97 Å². The lowest BCUT2D eigenvalue weighted by molar-refractivity contribution is 0.202. The summed E-state index contributed by atoms with van der Waals surface area (Å²) in [6, 6.07) is 0. The average molecular weight is 296 g/mol. The predicted molar refractivity (Wildman–Crippen MR) is 86.1 cm³/mol. The Hall–Kier alpha value is -1.40. The van der Waals surface area contributed by atoms with Gasteiger partial charge in [-0.2, -0.15) is 0 Å². The fourth-order valence-corrected chi connectivity index (χ4v) is 2.20. The minimum absolute atomic E-state index is 0.0863. The van der Waals surface area contributed by atoms with E-state index in [1.165, 1.54) is 0 Å². The Balaban J connectivity index is 3.11. The van der Waals surface area contributed by atoms with Gasteiger partial charge in [-0.3, -0.25) is 0 Å². The maximum atomic E-state index is 9.30. The molecule has 0 unspecified atom stereocenters. The van der Waals surface area contributed by atoms with Crippen LogP contribution in [0.1, 0.15) is 38.7 Å². The third-order valence-electron chi connectivity index (χ3n) is 3.22. The summed E-state index contributed by atoms with van der Waals surface area (Å²) in [6.45, 7) is 9.19. The molecule has 0 atom stereocenters. The highest BCUT2D eigenvalue weighted by Gasteiger charge is 2.19. The van der Waals surface area contributed by atoms with E-state index in [0.29, 0.717) is 25.6 Å². The van der Waals surface area contributed by atoms with Gasteiger partial charge in [0.15, 0.2) is 0 Å². The van der Waals surface area contributed by atoms with E-state index >= 15 is 0 Å². The number of hydrogen-bond acceptors (Lipinski definition) is 6. The summed E-state index contributed by atoms with van der Waals surface area (Å²) >= 11 is 0. The molecule has 0 radical (unpaired) electrons. The largest absolute Gasteiger partial charge is 0.395 e. The monoisotopic (exact) mass is 296 g/mol. The molecule has 1 rings (SSSR count). The van der Waals surface area contributed by atoms with Gasteiger partial charge in [-0.15, -0.1) is 0 Å². The fourth-order valence-electron chi connectivity index (χ4n) is 2.20. The lowest BCUT2D eigenvalue weighted by atomic mass is 10.0. The molecule has 0 saturated heterocycles. The van der Waals surface area contributed by atoms with Crippen LogP contribution in [0.3, 0.4) is 0 Å². The molecule has 0 aromatic carbocycles. The van der Waals surface area contributed by atoms with Crippen molar-refractivity contribution in [3.8, 4) is 0 Å². The summed E-state index contributed by atoms with van der Waals surface area (Å²) in [7, 11) is 1.68. The molecule has 0 amide bonds. The van der Waals surface area contributed by atoms with Crippen molar-refractivity contribution in [3.63, 3.8) is 0 Å². The van der Waals surface area contributed by atoms with Crippen molar-refractivity contribution in [2.24, 2.45) is 0 Å². The number of ether oxygens (including phenoxy) is 1. The maximum absolute atomic E-state index is 9.30. The molecular formula is C15H28N4O2. The summed E-state index contributed by atoms with van der Waals surface area (Å²) in [5.41, 5.74) is 1.09. The Bertz CT molecular complexity index is 413. The summed E-state index contributed by atoms with van der Waals surface area (Å²) in [5.74, 6) is 2.06. The molecule has 0 fully saturated rings. The van der Waals surface area contributed by atoms with Crippen molar-refractivity contribution < 1.29 is 9.84 Å². The first-order valence-electron chi connectivity index (χ1n) is 7.59. The van der Waals surface area contributed by atoms with E-state index in [-0.39, 0.29) is 6.61 Å². The van der Waals surface area contributed by atoms with Gasteiger partial charge in [0.1, 0.15) is 18.0 Å². The third kappa shape index (κ3) is 5.13. The standard InChI is InChI=1S/C15H28N4O2/c1-5-6-16-14-13(12(2)3)15(18-11-17-14)19(7-9-20)8-10-21-4/h11-12,20H,5-10H2,1-4H3,(H,16,17,18). The van der Waals surface area contributed by atoms with E-state index in [9.17, 15) is 5.11 Å². The molecule has 6 heteroatoms. The fraction of sp³-hybridized carbons (Fsp3) is 0.733. The number of aliphatic hydroxyl groups excluding tert-OH is 1. The van der Waals surface area contributed by atoms with Crippen LogP contribution in [-0.2, 0) is 4.74 Å². The molecule has 6 nitrogen and oxygen atoms in total. The zero-order valence-corrected chi connectivity index (χ0v) is 13.6. The Morgan fingerprint density at radius 3 is 2.67 bits per heavy atom. The molecule has 0 spiro atoms. The second kappa shape index (κ2) is 9.52. The highest BCUT2D eigenvalue weighted by atomic mass is 16.5. The number of hydrogen-bond donors (Lipinski definition) is 2. The SMILES string of the molecule is CCCNc1ncnc(N(CCO)CCOC)c1C(C)C. The Kier molecular flexibility index (Phi) is 8.00. The van der Waals surface area contributed by atoms with Crippen LogP contribution in [0.5, 0.6) is 0 Å². The van der Waals surface area contributed by atoms with Gasteiger partial charge < -0.3 is 20.1 Å². The van der Waals surface area contributed by atoms with Gasteiger partial charge in [0.25, 0.3) is 0 Å². The van der Waals surface area contributed by atoms with E-state index < -0.39 is 0 Å². The Morgan fingerprint density at radius 2 is 2.10 bits per heavy atom. The Labute approximate surface area is 127 Å². The molecule has 0 bridgehead atoms. The smallest absolute Gasteiger partial charge is 0.137 e. The van der Waals surface area contributed by atoms with Crippen molar-refractivity contribution in [3.05, 3.63) is 11.9 Å². The van der Waals surface area contributed by atoms with Crippen LogP contribution in [0.2, 0.25) is 0 Å². The predicted octanol–water partition coefficient (Wildman–Crippen LogP) is 1.87. The van der Waals surface area contributed by atoms with Crippen molar-refractivity contribution >= 4 is 11.6 Å². The highest BCUT2D eigenvalue weighted by molar-refractivity contribution is 5.60. The average Bonchev–Trinajstić information content (AvgIpc) is 2.48. The van der Waals surface area contributed by atoms with Gasteiger partial charge in [-0.1, -0.05) is 20.8 Å². The summed E-state index contributed by atoms with van der Waals surface area (Å²) in [6.07, 6.45) is 2.62. The molecule has 21 heavy (non-hydrogen) atoms. The first-order chi connectivity index (χ1) is 10.2. The number of nitrogens with one attached hydrogen (secondary N) is 1. The minimum Gasteiger partial charge on any atom is -0.395 e. The van der Waals surface area contributed by atoms with Crippen LogP contribution in [0.25, 0.3) is 0 Å². The molecule has 2 N–H and O–H groups in total. The van der Waals surface area contributed by atoms with Crippen LogP contribution in [0, 0.1) is 0 Å². The molecule has 1 aromatic rings. The second-order valence-corrected chi connectivity index (χ2v) is 5.24. The van der Waals surface area contributed by atoms with Crippen LogP contribution < -0.4 is 10.2 Å². The summed E-state index contributed by atoms with van der Waals surface area (Å²) in [4.78, 5) is 10.9. The highest BCUT2D eigenvalue weighted by Crippen LogP contribution is 2.30. The minimum atomic E-state index is 0.0863. The van der Waals surface area contributed by atoms with Crippen molar-refractivity contribution in [2.75, 3.05) is 50.2 Å². The molecule has 0 saturated carbocycles. The summed E-state index contributed by atoms with van der Waals surface area (Å²) in [5, 5.41) is 12.7. The van der Waals surface area contributed by atoms with Crippen LogP contribution in [-0.4, -0.2) is 55.0 Å². The molecule has 0 aliphatic carbocycles. The zero-order chi connectivity index (χ0) is 15.7. The number of rotatable bonds is 10. The van der Waals surface area contributed by atoms with Crippen molar-refractivity contribution in [1.29, 1.82) is 0 Å². The molecule has 0 aliphatic heterocycles. The number of methoxy groups -OCH3 is 1. The van der Waals surface area contributed by atoms with Crippen LogP contribution in [0.4, 0.5) is 11.6 Å². The van der Waals surface area contributed by atoms with Gasteiger partial charge in [-0.25, -0.2) is 9.97 Å². The lowest BCUT2D eigenvalue weighted by Crippen LogP contribution is -2.32. The van der Waals surface area contributed by atoms with Crippen molar-refractivity contribution in [2.45, 2.75) is 33.1 Å². The summed E-state index contributed by atoms with van der Waals surface area (Å²) < 4.78 is 5.15. The van der Waals surface area contributed by atoms with Gasteiger partial charge in [0.2, 0.25) is 0 Å². The zero-order valence-electron chi connectivity index (χ0n) is 13.6. The van der Waals surface area contributed by atoms with Gasteiger partial charge in [-0.05, 0) is 12.3 Å². The van der Waals surface area contributed by atoms with E-state index in [2.05, 4.69) is 41.0 Å². The number of aromatic nitrogens is 2. The molecule has 1 heterocycles. The third-order valence-corrected chi connectivity index (χ3v) is 3.22. The first kappa shape index (κ1) is 17.7. The van der Waals surface area contributed by atoms with E-state index in [0.717, 1.165) is 30.2 Å². The normalized spacial score (nSPS) is 11.0. The number of anilines is 2. The quantitative estimate of drug-likeness (QED) is 0.687. The molecule has 1 aromatic heterocycles. The van der Waals surface area contributed by atoms with Gasteiger partial charge in [0, 0.05) is 32.3 Å². The first-order valence-corrected chi connectivity index (χ1v) is 7.59. The van der Waals surface area contributed by atoms with Crippen LogP contribution >= 0.6 is 0 Å². The topological polar surface area (TPSA) is 70.5 Å². The second-order valence-electron chi connectivity index (χ2n) is 5.24. The van der Waals surface area contributed by atoms with Gasteiger partial charge >= 0.3 is 0 Å². The van der Waals surface area contributed by atoms with E-state index in [1.54, 1.807) is 13.4 Å². The molecule has 120 valence electrons. The maximum Gasteiger partial charge on any atom is 0.137 e. The molecule has 0 aliphatic rings. The van der Waals surface area contributed by atoms with Gasteiger partial charge in [0.05, 0.1) is 13.2 Å². The lowest BCUT2D eigenvalue weighted by Gasteiger charge is -2.27. The van der Waals surface area contributed by atoms with E-state index in [4.69, 9.17) is 4.74 Å². The van der Waals surface area contributed by atoms with Crippen LogP contribution in [0.15, 0.2) is 6.33 Å². The van der Waals surface area contributed by atoms with E-state index in [1.807, 2.05) is 0 Å². The Morgan fingerprint density at radius 1 is 1.33 bits per heavy atom. The number of aliphatic hydroxyl groups is 1. The number of nitrogens with zero attached hydrogens (tertiary/aromatic N) is 3. The molecular weight excluding hydrogens is 268 g/mol.